The highest BCUT2D eigenvalue weighted by Crippen LogP contribution is 2.37. The van der Waals surface area contributed by atoms with Crippen LogP contribution in [0.15, 0.2) is 70.5 Å². The van der Waals surface area contributed by atoms with E-state index in [0.717, 1.165) is 68.9 Å². The number of piperidine rings is 1. The lowest BCUT2D eigenvalue weighted by molar-refractivity contribution is 0.352. The molecule has 0 atom stereocenters. The molecule has 0 aromatic heterocycles. The smallest absolute Gasteiger partial charge is 0.210 e. The number of ether oxygens (including phenoxy) is 2. The molecule has 3 aromatic rings. The molecule has 2 aliphatic rings. The summed E-state index contributed by atoms with van der Waals surface area (Å²) in [5, 5.41) is 0. The number of hydrogen-bond acceptors (Lipinski definition) is 6. The van der Waals surface area contributed by atoms with Crippen LogP contribution in [0.4, 0.5) is 5.69 Å². The van der Waals surface area contributed by atoms with Crippen molar-refractivity contribution in [1.82, 2.24) is 4.90 Å². The maximum Gasteiger partial charge on any atom is 0.210 e. The first-order chi connectivity index (χ1) is 17.9. The van der Waals surface area contributed by atoms with E-state index < -0.39 is 9.84 Å². The lowest BCUT2D eigenvalue weighted by Gasteiger charge is -2.34. The topological polar surface area (TPSA) is 59.1 Å². The van der Waals surface area contributed by atoms with E-state index in [1.807, 2.05) is 36.4 Å². The largest absolute Gasteiger partial charge is 0.496 e. The summed E-state index contributed by atoms with van der Waals surface area (Å²) in [6.07, 6.45) is 3.79. The SMILES string of the molecule is COc1ccccc1C1CCN(c2ccc(S(=O)(=O)c3cc4c(cc3OC)CCN(C)CC4)cc2)CC1. The lowest BCUT2D eigenvalue weighted by Crippen LogP contribution is -2.32. The molecule has 0 unspecified atom stereocenters. The zero-order valence-electron chi connectivity index (χ0n) is 21.9. The maximum absolute atomic E-state index is 13.7. The van der Waals surface area contributed by atoms with Crippen LogP contribution in [-0.2, 0) is 22.7 Å². The van der Waals surface area contributed by atoms with Crippen LogP contribution in [0.2, 0.25) is 0 Å². The van der Waals surface area contributed by atoms with Crippen LogP contribution in [0.5, 0.6) is 11.5 Å². The van der Waals surface area contributed by atoms with Gasteiger partial charge in [-0.05, 0) is 97.8 Å². The molecular weight excluding hydrogens is 484 g/mol. The second-order valence-corrected chi connectivity index (χ2v) is 12.0. The summed E-state index contributed by atoms with van der Waals surface area (Å²) in [5.74, 6) is 1.84. The highest BCUT2D eigenvalue weighted by Gasteiger charge is 2.27. The first-order valence-corrected chi connectivity index (χ1v) is 14.5. The van der Waals surface area contributed by atoms with Crippen molar-refractivity contribution in [2.45, 2.75) is 41.4 Å². The summed E-state index contributed by atoms with van der Waals surface area (Å²) < 4.78 is 38.5. The molecule has 1 saturated heterocycles. The van der Waals surface area contributed by atoms with Gasteiger partial charge in [0.25, 0.3) is 0 Å². The molecule has 0 spiro atoms. The molecule has 0 radical (unpaired) electrons. The molecule has 1 fully saturated rings. The van der Waals surface area contributed by atoms with Crippen LogP contribution in [-0.4, -0.2) is 60.8 Å². The summed E-state index contributed by atoms with van der Waals surface area (Å²) in [4.78, 5) is 5.16. The predicted molar refractivity (Wildman–Crippen MR) is 147 cm³/mol. The Morgan fingerprint density at radius 2 is 1.41 bits per heavy atom. The number of nitrogens with zero attached hydrogens (tertiary/aromatic N) is 2. The van der Waals surface area contributed by atoms with Gasteiger partial charge in [0.15, 0.2) is 0 Å². The van der Waals surface area contributed by atoms with Crippen LogP contribution in [0.3, 0.4) is 0 Å². The number of hydrogen-bond donors (Lipinski definition) is 0. The van der Waals surface area contributed by atoms with Gasteiger partial charge < -0.3 is 19.3 Å². The van der Waals surface area contributed by atoms with Crippen molar-refractivity contribution < 1.29 is 17.9 Å². The second-order valence-electron chi connectivity index (χ2n) is 10.1. The van der Waals surface area contributed by atoms with Gasteiger partial charge in [-0.3, -0.25) is 0 Å². The monoisotopic (exact) mass is 520 g/mol. The minimum Gasteiger partial charge on any atom is -0.496 e. The van der Waals surface area contributed by atoms with Crippen molar-refractivity contribution in [2.24, 2.45) is 0 Å². The van der Waals surface area contributed by atoms with Gasteiger partial charge in [0, 0.05) is 31.9 Å². The molecule has 6 nitrogen and oxygen atoms in total. The van der Waals surface area contributed by atoms with E-state index in [2.05, 4.69) is 29.0 Å². The molecule has 7 heteroatoms. The van der Waals surface area contributed by atoms with E-state index in [-0.39, 0.29) is 4.90 Å². The van der Waals surface area contributed by atoms with E-state index >= 15 is 0 Å². The molecule has 0 saturated carbocycles. The predicted octanol–water partition coefficient (Wildman–Crippen LogP) is 4.95. The first-order valence-electron chi connectivity index (χ1n) is 13.0. The van der Waals surface area contributed by atoms with E-state index in [9.17, 15) is 8.42 Å². The van der Waals surface area contributed by atoms with Crippen LogP contribution in [0.25, 0.3) is 0 Å². The summed E-state index contributed by atoms with van der Waals surface area (Å²) in [6.45, 7) is 3.71. The van der Waals surface area contributed by atoms with Gasteiger partial charge in [-0.1, -0.05) is 18.2 Å². The molecule has 0 amide bonds. The van der Waals surface area contributed by atoms with Gasteiger partial charge in [0.2, 0.25) is 9.84 Å². The number of likely N-dealkylation sites (N-methyl/N-ethyl adjacent to an activating group) is 1. The fourth-order valence-electron chi connectivity index (χ4n) is 5.63. The Hall–Kier alpha value is -3.03. The van der Waals surface area contributed by atoms with Crippen molar-refractivity contribution in [1.29, 1.82) is 0 Å². The molecule has 37 heavy (non-hydrogen) atoms. The zero-order valence-corrected chi connectivity index (χ0v) is 22.8. The van der Waals surface area contributed by atoms with E-state index in [1.165, 1.54) is 11.1 Å². The molecule has 3 aromatic carbocycles. The lowest BCUT2D eigenvalue weighted by atomic mass is 9.88. The van der Waals surface area contributed by atoms with E-state index in [0.29, 0.717) is 16.6 Å². The number of methoxy groups -OCH3 is 2. The number of sulfone groups is 1. The Morgan fingerprint density at radius 1 is 0.784 bits per heavy atom. The van der Waals surface area contributed by atoms with Gasteiger partial charge in [-0.25, -0.2) is 8.42 Å². The summed E-state index contributed by atoms with van der Waals surface area (Å²) >= 11 is 0. The normalized spacial score (nSPS) is 17.2. The molecule has 5 rings (SSSR count). The molecule has 0 aliphatic carbocycles. The molecule has 2 heterocycles. The zero-order chi connectivity index (χ0) is 26.0. The molecule has 0 N–H and O–H groups in total. The highest BCUT2D eigenvalue weighted by molar-refractivity contribution is 7.91. The standard InChI is InChI=1S/C30H36N2O4S/c1-31-16-12-23-20-29(36-3)30(21-24(23)13-17-31)37(33,34)26-10-8-25(9-11-26)32-18-14-22(15-19-32)27-6-4-5-7-28(27)35-2/h4-11,20-22H,12-19H2,1-3H3. The number of fused-ring (bicyclic) bond motifs is 1. The van der Waals surface area contributed by atoms with Crippen LogP contribution < -0.4 is 14.4 Å². The van der Waals surface area contributed by atoms with Gasteiger partial charge >= 0.3 is 0 Å². The Kier molecular flexibility index (Phi) is 7.45. The Bertz CT molecular complexity index is 1350. The highest BCUT2D eigenvalue weighted by atomic mass is 32.2. The van der Waals surface area contributed by atoms with E-state index in [4.69, 9.17) is 9.47 Å². The number of benzene rings is 3. The first kappa shape index (κ1) is 25.6. The van der Waals surface area contributed by atoms with Gasteiger partial charge in [-0.15, -0.1) is 0 Å². The average molecular weight is 521 g/mol. The van der Waals surface area contributed by atoms with E-state index in [1.54, 1.807) is 26.4 Å². The van der Waals surface area contributed by atoms with Crippen LogP contribution in [0, 0.1) is 0 Å². The second kappa shape index (κ2) is 10.8. The third kappa shape index (κ3) is 5.20. The Balaban J connectivity index is 1.33. The molecular formula is C30H36N2O4S. The minimum atomic E-state index is -3.71. The summed E-state index contributed by atoms with van der Waals surface area (Å²) in [7, 11) is 1.66. The maximum atomic E-state index is 13.7. The summed E-state index contributed by atoms with van der Waals surface area (Å²) in [5.41, 5.74) is 4.59. The van der Waals surface area contributed by atoms with Crippen LogP contribution >= 0.6 is 0 Å². The third-order valence-corrected chi connectivity index (χ3v) is 9.68. The third-order valence-electron chi connectivity index (χ3n) is 7.89. The van der Waals surface area contributed by atoms with Crippen molar-refractivity contribution >= 4 is 15.5 Å². The van der Waals surface area contributed by atoms with Gasteiger partial charge in [-0.2, -0.15) is 0 Å². The quantitative estimate of drug-likeness (QED) is 0.458. The molecule has 2 aliphatic heterocycles. The summed E-state index contributed by atoms with van der Waals surface area (Å²) in [6, 6.07) is 19.3. The molecule has 196 valence electrons. The number of anilines is 1. The number of rotatable bonds is 6. The van der Waals surface area contributed by atoms with Crippen molar-refractivity contribution in [2.75, 3.05) is 52.3 Å². The van der Waals surface area contributed by atoms with Crippen molar-refractivity contribution in [3.8, 4) is 11.5 Å². The van der Waals surface area contributed by atoms with Crippen molar-refractivity contribution in [3.63, 3.8) is 0 Å². The van der Waals surface area contributed by atoms with Gasteiger partial charge in [0.1, 0.15) is 16.4 Å². The Labute approximate surface area is 220 Å². The molecule has 0 bridgehead atoms. The number of para-hydroxylation sites is 1. The minimum absolute atomic E-state index is 0.253. The van der Waals surface area contributed by atoms with Crippen molar-refractivity contribution in [3.05, 3.63) is 77.4 Å². The average Bonchev–Trinajstić information content (AvgIpc) is 3.13. The fraction of sp³-hybridized carbons (Fsp3) is 0.400. The Morgan fingerprint density at radius 3 is 2.05 bits per heavy atom. The van der Waals surface area contributed by atoms with Crippen LogP contribution in [0.1, 0.15) is 35.4 Å². The fourth-order valence-corrected chi connectivity index (χ4v) is 7.08. The van der Waals surface area contributed by atoms with Gasteiger partial charge in [0.05, 0.1) is 19.1 Å².